The van der Waals surface area contributed by atoms with Crippen LogP contribution in [0.2, 0.25) is 0 Å². The average molecular weight is 564 g/mol. The zero-order valence-corrected chi connectivity index (χ0v) is 21.3. The highest BCUT2D eigenvalue weighted by atomic mass is 16.6. The number of aliphatic carboxylic acids is 2. The Morgan fingerprint density at radius 2 is 1.85 bits per heavy atom. The molecule has 0 saturated carbocycles. The quantitative estimate of drug-likeness (QED) is 0.182. The van der Waals surface area contributed by atoms with Gasteiger partial charge < -0.3 is 49.7 Å². The summed E-state index contributed by atoms with van der Waals surface area (Å²) in [5.41, 5.74) is -0.210. The van der Waals surface area contributed by atoms with Crippen molar-refractivity contribution in [2.75, 3.05) is 13.6 Å². The first-order valence-corrected chi connectivity index (χ1v) is 12.6. The maximum absolute atomic E-state index is 12.8. The lowest BCUT2D eigenvalue weighted by molar-refractivity contribution is -0.184. The van der Waals surface area contributed by atoms with E-state index in [4.69, 9.17) is 19.7 Å². The van der Waals surface area contributed by atoms with Gasteiger partial charge in [-0.2, -0.15) is 0 Å². The third kappa shape index (κ3) is 3.97. The Morgan fingerprint density at radius 3 is 2.50 bits per heavy atom. The molecule has 14 nitrogen and oxygen atoms in total. The van der Waals surface area contributed by atoms with Crippen molar-refractivity contribution in [1.29, 1.82) is 0 Å². The zero-order chi connectivity index (χ0) is 29.1. The highest BCUT2D eigenvalue weighted by molar-refractivity contribution is 5.88. The van der Waals surface area contributed by atoms with Crippen molar-refractivity contribution in [3.63, 3.8) is 0 Å². The van der Waals surface area contributed by atoms with Gasteiger partial charge in [0.05, 0.1) is 24.0 Å². The average Bonchev–Trinajstić information content (AvgIpc) is 3.26. The number of piperidine rings is 1. The topological polar surface area (TPSA) is 221 Å². The van der Waals surface area contributed by atoms with Crippen LogP contribution in [0, 0.1) is 0 Å². The molecule has 0 aromatic heterocycles. The Morgan fingerprint density at radius 1 is 1.15 bits per heavy atom. The molecule has 2 aliphatic carbocycles. The number of carboxylic acid groups (broad SMARTS) is 2. The number of aliphatic hydroxyl groups is 4. The fraction of sp³-hybridized carbons (Fsp3) is 0.538. The molecule has 1 fully saturated rings. The fourth-order valence-corrected chi connectivity index (χ4v) is 6.61. The monoisotopic (exact) mass is 563 g/mol. The highest BCUT2D eigenvalue weighted by Crippen LogP contribution is 2.64. The Labute approximate surface area is 227 Å². The molecular weight excluding hydrogens is 534 g/mol. The summed E-state index contributed by atoms with van der Waals surface area (Å²) >= 11 is 0. The Bertz CT molecular complexity index is 1310. The molecule has 1 spiro atoms. The maximum Gasteiger partial charge on any atom is 0.345 e. The minimum atomic E-state index is -2.58. The van der Waals surface area contributed by atoms with Crippen LogP contribution in [0.25, 0.3) is 0 Å². The molecule has 0 amide bonds. The highest BCUT2D eigenvalue weighted by Gasteiger charge is 2.72. The predicted octanol–water partition coefficient (Wildman–Crippen LogP) is -1.81. The number of benzene rings is 1. The molecule has 7 atom stereocenters. The van der Waals surface area contributed by atoms with Crippen LogP contribution < -0.4 is 4.74 Å². The van der Waals surface area contributed by atoms with Crippen molar-refractivity contribution in [3.05, 3.63) is 40.7 Å². The lowest BCUT2D eigenvalue weighted by Crippen LogP contribution is -2.74. The predicted molar refractivity (Wildman–Crippen MR) is 129 cm³/mol. The molecular formula is C26H29NO13. The van der Waals surface area contributed by atoms with Gasteiger partial charge in [-0.25, -0.2) is 14.4 Å². The van der Waals surface area contributed by atoms with Gasteiger partial charge in [0.2, 0.25) is 6.10 Å². The van der Waals surface area contributed by atoms with Gasteiger partial charge in [0.25, 0.3) is 0 Å². The summed E-state index contributed by atoms with van der Waals surface area (Å²) in [7, 11) is 1.91. The summed E-state index contributed by atoms with van der Waals surface area (Å²) in [5, 5.41) is 60.4. The van der Waals surface area contributed by atoms with Crippen LogP contribution in [-0.2, 0) is 47.1 Å². The summed E-state index contributed by atoms with van der Waals surface area (Å²) in [5.74, 6) is -6.30. The van der Waals surface area contributed by atoms with E-state index in [1.807, 2.05) is 13.1 Å². The van der Waals surface area contributed by atoms with Crippen LogP contribution in [0.1, 0.15) is 36.0 Å². The SMILES string of the molecule is CN1CC[C@]23c4c5ccc(CO)c4O[C@H]2C(OC(=O)[C@H](O)[C@@H](O)C(=O)O[C@@H](CC(=O)O)C(=O)O)=CC[C@@]3(O)[C@H]1C5. The number of nitrogens with zero attached hydrogens (tertiary/aromatic N) is 1. The molecule has 2 bridgehead atoms. The van der Waals surface area contributed by atoms with Gasteiger partial charge in [-0.3, -0.25) is 4.79 Å². The number of aliphatic hydroxyl groups excluding tert-OH is 3. The minimum absolute atomic E-state index is 0.0584. The van der Waals surface area contributed by atoms with Gasteiger partial charge in [-0.1, -0.05) is 12.1 Å². The van der Waals surface area contributed by atoms with E-state index in [9.17, 15) is 39.6 Å². The summed E-state index contributed by atoms with van der Waals surface area (Å²) < 4.78 is 16.1. The summed E-state index contributed by atoms with van der Waals surface area (Å²) in [6.45, 7) is 0.253. The van der Waals surface area contributed by atoms with E-state index in [0.29, 0.717) is 30.7 Å². The molecule has 0 radical (unpaired) electrons. The van der Waals surface area contributed by atoms with Crippen molar-refractivity contribution in [1.82, 2.24) is 4.90 Å². The lowest BCUT2D eigenvalue weighted by atomic mass is 9.50. The molecule has 14 heteroatoms. The molecule has 4 aliphatic rings. The third-order valence-corrected chi connectivity index (χ3v) is 8.52. The second kappa shape index (κ2) is 9.82. The van der Waals surface area contributed by atoms with Crippen molar-refractivity contribution < 1.29 is 64.0 Å². The molecule has 1 aromatic carbocycles. The molecule has 2 aliphatic heterocycles. The van der Waals surface area contributed by atoms with Crippen LogP contribution in [0.5, 0.6) is 5.75 Å². The molecule has 40 heavy (non-hydrogen) atoms. The molecule has 1 aromatic rings. The van der Waals surface area contributed by atoms with Crippen molar-refractivity contribution in [2.45, 2.75) is 73.8 Å². The van der Waals surface area contributed by atoms with E-state index < -0.39 is 65.7 Å². The van der Waals surface area contributed by atoms with Crippen LogP contribution in [-0.4, -0.2) is 109 Å². The first kappa shape index (κ1) is 28.0. The van der Waals surface area contributed by atoms with Crippen molar-refractivity contribution in [3.8, 4) is 5.75 Å². The molecule has 0 unspecified atom stereocenters. The van der Waals surface area contributed by atoms with Crippen LogP contribution in [0.3, 0.4) is 0 Å². The van der Waals surface area contributed by atoms with E-state index in [0.717, 1.165) is 11.1 Å². The number of ether oxygens (including phenoxy) is 3. The van der Waals surface area contributed by atoms with E-state index in [1.54, 1.807) is 6.07 Å². The Balaban J connectivity index is 1.41. The molecule has 1 saturated heterocycles. The fourth-order valence-electron chi connectivity index (χ4n) is 6.61. The van der Waals surface area contributed by atoms with Crippen molar-refractivity contribution >= 4 is 23.9 Å². The van der Waals surface area contributed by atoms with Crippen LogP contribution in [0.15, 0.2) is 24.0 Å². The summed E-state index contributed by atoms with van der Waals surface area (Å²) in [4.78, 5) is 49.1. The number of rotatable bonds is 9. The number of hydrogen-bond donors (Lipinski definition) is 6. The van der Waals surface area contributed by atoms with E-state index in [1.165, 1.54) is 6.08 Å². The summed E-state index contributed by atoms with van der Waals surface area (Å²) in [6, 6.07) is 3.33. The standard InChI is InChI=1S/C26H29NO13/c1-27-7-6-25-17-11-2-3-12(10-28)20(17)40-21(25)13(4-5-26(25,37)15(27)8-11)38-23(35)18(31)19(32)24(36)39-14(22(33)34)9-16(29)30/h2-4,14-15,18-19,21,28,31-32,37H,5-10H2,1H3,(H,29,30)(H,33,34)/t14-,15+,18+,19+,21-,25-,26+/m0/s1. The van der Waals surface area contributed by atoms with E-state index in [-0.39, 0.29) is 24.8 Å². The van der Waals surface area contributed by atoms with Gasteiger partial charge in [0, 0.05) is 23.6 Å². The van der Waals surface area contributed by atoms with Gasteiger partial charge >= 0.3 is 23.9 Å². The third-order valence-electron chi connectivity index (χ3n) is 8.52. The van der Waals surface area contributed by atoms with E-state index >= 15 is 0 Å². The van der Waals surface area contributed by atoms with Gasteiger partial charge in [0.15, 0.2) is 18.3 Å². The zero-order valence-electron chi connectivity index (χ0n) is 21.3. The molecule has 5 rings (SSSR count). The second-order valence-corrected chi connectivity index (χ2v) is 10.6. The normalized spacial score (nSPS) is 30.2. The number of carbonyl (C=O) groups is 4. The second-order valence-electron chi connectivity index (χ2n) is 10.6. The number of likely N-dealkylation sites (N-methyl/N-ethyl adjacent to an activating group) is 1. The Kier molecular flexibility index (Phi) is 6.87. The molecule has 216 valence electrons. The molecule has 2 heterocycles. The van der Waals surface area contributed by atoms with E-state index in [2.05, 4.69) is 9.64 Å². The van der Waals surface area contributed by atoms with Crippen LogP contribution >= 0.6 is 0 Å². The smallest absolute Gasteiger partial charge is 0.345 e. The first-order chi connectivity index (χ1) is 18.9. The largest absolute Gasteiger partial charge is 0.481 e. The number of hydrogen-bond acceptors (Lipinski definition) is 12. The van der Waals surface area contributed by atoms with Crippen molar-refractivity contribution in [2.24, 2.45) is 0 Å². The number of esters is 2. The first-order valence-electron chi connectivity index (χ1n) is 12.6. The maximum atomic E-state index is 12.8. The van der Waals surface area contributed by atoms with Gasteiger partial charge in [-0.15, -0.1) is 0 Å². The van der Waals surface area contributed by atoms with Gasteiger partial charge in [-0.05, 0) is 38.1 Å². The number of carboxylic acids is 2. The number of carbonyl (C=O) groups excluding carboxylic acids is 2. The van der Waals surface area contributed by atoms with Gasteiger partial charge in [0.1, 0.15) is 11.5 Å². The number of likely N-dealkylation sites (tertiary alicyclic amines) is 1. The lowest BCUT2D eigenvalue weighted by Gasteiger charge is -2.61. The molecule has 6 N–H and O–H groups in total. The van der Waals surface area contributed by atoms with Crippen LogP contribution in [0.4, 0.5) is 0 Å². The Hall–Kier alpha value is -3.56. The summed E-state index contributed by atoms with van der Waals surface area (Å²) in [6.07, 6.45) is -6.94. The minimum Gasteiger partial charge on any atom is -0.481 e.